The highest BCUT2D eigenvalue weighted by Crippen LogP contribution is 2.49. The molecule has 0 rings (SSSR count). The number of hydrogen-bond acceptors (Lipinski definition) is 4. The zero-order valence-corrected chi connectivity index (χ0v) is 14.7. The molecule has 0 aliphatic rings. The SMILES string of the molecule is CCCCCCCCCCOP(=O)(OC)OC=C(Cl)Cl. The van der Waals surface area contributed by atoms with E-state index >= 15 is 0 Å². The van der Waals surface area contributed by atoms with E-state index in [-0.39, 0.29) is 4.49 Å². The first kappa shape index (κ1) is 20.3. The summed E-state index contributed by atoms with van der Waals surface area (Å²) in [4.78, 5) is 0. The van der Waals surface area contributed by atoms with Crippen molar-refractivity contribution in [2.75, 3.05) is 13.7 Å². The van der Waals surface area contributed by atoms with Crippen LogP contribution in [0, 0.1) is 0 Å². The molecule has 20 heavy (non-hydrogen) atoms. The minimum absolute atomic E-state index is 0.141. The van der Waals surface area contributed by atoms with Crippen LogP contribution in [0.3, 0.4) is 0 Å². The second kappa shape index (κ2) is 13.0. The van der Waals surface area contributed by atoms with Crippen molar-refractivity contribution in [1.29, 1.82) is 0 Å². The molecule has 0 saturated carbocycles. The molecule has 0 aromatic heterocycles. The third-order valence-electron chi connectivity index (χ3n) is 2.74. The van der Waals surface area contributed by atoms with Crippen LogP contribution in [-0.2, 0) is 18.1 Å². The van der Waals surface area contributed by atoms with Crippen LogP contribution in [0.4, 0.5) is 0 Å². The van der Waals surface area contributed by atoms with Gasteiger partial charge in [0.05, 0.1) is 6.61 Å². The summed E-state index contributed by atoms with van der Waals surface area (Å²) in [6, 6.07) is 0. The lowest BCUT2D eigenvalue weighted by molar-refractivity contribution is 0.162. The fourth-order valence-corrected chi connectivity index (χ4v) is 2.70. The number of halogens is 2. The van der Waals surface area contributed by atoms with Crippen molar-refractivity contribution in [3.8, 4) is 0 Å². The van der Waals surface area contributed by atoms with Crippen LogP contribution in [0.1, 0.15) is 58.3 Å². The first-order chi connectivity index (χ1) is 9.54. The van der Waals surface area contributed by atoms with Gasteiger partial charge >= 0.3 is 7.82 Å². The molecule has 7 heteroatoms. The molecule has 0 spiro atoms. The van der Waals surface area contributed by atoms with Crippen LogP contribution in [-0.4, -0.2) is 13.7 Å². The largest absolute Gasteiger partial charge is 0.529 e. The zero-order valence-electron chi connectivity index (χ0n) is 12.3. The minimum Gasteiger partial charge on any atom is -0.409 e. The molecule has 120 valence electrons. The van der Waals surface area contributed by atoms with Crippen LogP contribution in [0.25, 0.3) is 0 Å². The molecule has 1 atom stereocenters. The summed E-state index contributed by atoms with van der Waals surface area (Å²) in [5.74, 6) is 0. The van der Waals surface area contributed by atoms with Crippen molar-refractivity contribution < 1.29 is 18.1 Å². The van der Waals surface area contributed by atoms with Gasteiger partial charge < -0.3 is 4.52 Å². The molecular weight excluding hydrogens is 322 g/mol. The predicted molar refractivity (Wildman–Crippen MR) is 84.1 cm³/mol. The first-order valence-electron chi connectivity index (χ1n) is 7.04. The average Bonchev–Trinajstić information content (AvgIpc) is 2.43. The highest BCUT2D eigenvalue weighted by molar-refractivity contribution is 7.48. The summed E-state index contributed by atoms with van der Waals surface area (Å²) in [6.45, 7) is 2.54. The third kappa shape index (κ3) is 12.0. The lowest BCUT2D eigenvalue weighted by atomic mass is 10.1. The van der Waals surface area contributed by atoms with Crippen LogP contribution in [0.15, 0.2) is 10.8 Å². The van der Waals surface area contributed by atoms with E-state index in [1.807, 2.05) is 0 Å². The Balaban J connectivity index is 3.61. The maximum Gasteiger partial charge on any atom is 0.529 e. The standard InChI is InChI=1S/C13H25Cl2O4P/c1-3-4-5-6-7-8-9-10-11-18-20(16,17-2)19-12-13(14)15/h12H,3-11H2,1-2H3. The second-order valence-corrected chi connectivity index (χ2v) is 7.19. The van der Waals surface area contributed by atoms with Crippen molar-refractivity contribution in [3.63, 3.8) is 0 Å². The molecule has 0 saturated heterocycles. The van der Waals surface area contributed by atoms with Gasteiger partial charge in [-0.15, -0.1) is 0 Å². The molecule has 1 unspecified atom stereocenters. The number of phosphoric ester groups is 1. The number of rotatable bonds is 13. The monoisotopic (exact) mass is 346 g/mol. The van der Waals surface area contributed by atoms with Crippen LogP contribution in [0.2, 0.25) is 0 Å². The highest BCUT2D eigenvalue weighted by atomic mass is 35.5. The van der Waals surface area contributed by atoms with Crippen molar-refractivity contribution in [2.45, 2.75) is 58.3 Å². The van der Waals surface area contributed by atoms with Gasteiger partial charge in [0.1, 0.15) is 10.8 Å². The van der Waals surface area contributed by atoms with Gasteiger partial charge in [-0.3, -0.25) is 9.05 Å². The highest BCUT2D eigenvalue weighted by Gasteiger charge is 2.24. The topological polar surface area (TPSA) is 44.8 Å². The number of hydrogen-bond donors (Lipinski definition) is 0. The van der Waals surface area contributed by atoms with Crippen molar-refractivity contribution in [3.05, 3.63) is 10.8 Å². The Hall–Kier alpha value is 0.270. The fourth-order valence-electron chi connectivity index (χ4n) is 1.64. The van der Waals surface area contributed by atoms with Gasteiger partial charge in [0.2, 0.25) is 0 Å². The van der Waals surface area contributed by atoms with Crippen LogP contribution in [0.5, 0.6) is 0 Å². The third-order valence-corrected chi connectivity index (χ3v) is 4.23. The summed E-state index contributed by atoms with van der Waals surface area (Å²) in [5, 5.41) is 0. The molecule has 0 heterocycles. The maximum absolute atomic E-state index is 11.9. The van der Waals surface area contributed by atoms with Gasteiger partial charge in [-0.05, 0) is 6.42 Å². The molecular formula is C13H25Cl2O4P. The second-order valence-electron chi connectivity index (χ2n) is 4.45. The quantitative estimate of drug-likeness (QED) is 0.226. The molecule has 0 bridgehead atoms. The van der Waals surface area contributed by atoms with Crippen molar-refractivity contribution in [2.24, 2.45) is 0 Å². The summed E-state index contributed by atoms with van der Waals surface area (Å²) in [7, 11) is -2.32. The Bertz CT molecular complexity index is 307. The van der Waals surface area contributed by atoms with Gasteiger partial charge in [0.15, 0.2) is 0 Å². The Morgan fingerprint density at radius 3 is 2.10 bits per heavy atom. The van der Waals surface area contributed by atoms with Crippen LogP contribution >= 0.6 is 31.0 Å². The van der Waals surface area contributed by atoms with Gasteiger partial charge in [-0.1, -0.05) is 75.1 Å². The predicted octanol–water partition coefficient (Wildman–Crippen LogP) is 6.19. The van der Waals surface area contributed by atoms with Gasteiger partial charge in [-0.25, -0.2) is 4.57 Å². The van der Waals surface area contributed by atoms with Gasteiger partial charge in [0.25, 0.3) is 0 Å². The molecule has 0 aliphatic carbocycles. The summed E-state index contributed by atoms with van der Waals surface area (Å²) >= 11 is 10.7. The maximum atomic E-state index is 11.9. The van der Waals surface area contributed by atoms with Gasteiger partial charge in [0, 0.05) is 7.11 Å². The summed E-state index contributed by atoms with van der Waals surface area (Å²) < 4.78 is 26.4. The zero-order chi connectivity index (χ0) is 15.3. The summed E-state index contributed by atoms with van der Waals surface area (Å²) in [6.07, 6.45) is 10.4. The molecule has 0 N–H and O–H groups in total. The Morgan fingerprint density at radius 1 is 1.05 bits per heavy atom. The molecule has 0 aromatic carbocycles. The molecule has 0 aliphatic heterocycles. The molecule has 4 nitrogen and oxygen atoms in total. The minimum atomic E-state index is -3.57. The molecule has 0 aromatic rings. The first-order valence-corrected chi connectivity index (χ1v) is 9.25. The van der Waals surface area contributed by atoms with Gasteiger partial charge in [-0.2, -0.15) is 0 Å². The molecule has 0 radical (unpaired) electrons. The summed E-state index contributed by atoms with van der Waals surface area (Å²) in [5.41, 5.74) is 0. The lowest BCUT2D eigenvalue weighted by Crippen LogP contribution is -1.97. The van der Waals surface area contributed by atoms with E-state index in [0.717, 1.165) is 19.1 Å². The van der Waals surface area contributed by atoms with E-state index in [1.54, 1.807) is 0 Å². The number of phosphoric acid groups is 1. The van der Waals surface area contributed by atoms with E-state index in [2.05, 4.69) is 6.92 Å². The van der Waals surface area contributed by atoms with Crippen LogP contribution < -0.4 is 0 Å². The van der Waals surface area contributed by atoms with E-state index in [0.29, 0.717) is 6.61 Å². The Labute approximate surface area is 132 Å². The van der Waals surface area contributed by atoms with Crippen molar-refractivity contribution >= 4 is 31.0 Å². The van der Waals surface area contributed by atoms with E-state index in [1.165, 1.54) is 45.6 Å². The lowest BCUT2D eigenvalue weighted by Gasteiger charge is -2.13. The van der Waals surface area contributed by atoms with Crippen molar-refractivity contribution in [1.82, 2.24) is 0 Å². The average molecular weight is 347 g/mol. The number of unbranched alkanes of at least 4 members (excludes halogenated alkanes) is 7. The fraction of sp³-hybridized carbons (Fsp3) is 0.846. The smallest absolute Gasteiger partial charge is 0.409 e. The molecule has 0 amide bonds. The van der Waals surface area contributed by atoms with E-state index < -0.39 is 7.82 Å². The normalized spacial score (nSPS) is 13.8. The van der Waals surface area contributed by atoms with E-state index in [9.17, 15) is 4.57 Å². The Morgan fingerprint density at radius 2 is 1.60 bits per heavy atom. The van der Waals surface area contributed by atoms with E-state index in [4.69, 9.17) is 36.8 Å². The Kier molecular flexibility index (Phi) is 13.1. The molecule has 0 fully saturated rings.